The number of aryl methyl sites for hydroxylation is 1. The molecule has 2 rings (SSSR count). The van der Waals surface area contributed by atoms with Crippen LogP contribution in [0.5, 0.6) is 0 Å². The van der Waals surface area contributed by atoms with Crippen LogP contribution in [-0.4, -0.2) is 34.0 Å². The molecule has 0 amide bonds. The molecule has 8 heteroatoms. The third-order valence-corrected chi connectivity index (χ3v) is 6.41. The first-order chi connectivity index (χ1) is 12.8. The van der Waals surface area contributed by atoms with Gasteiger partial charge in [-0.05, 0) is 57.6 Å². The van der Waals surface area contributed by atoms with Crippen LogP contribution in [0.25, 0.3) is 0 Å². The number of hydrogen-bond acceptors (Lipinski definition) is 4. The minimum Gasteiger partial charge on any atom is -0.357 e. The van der Waals surface area contributed by atoms with E-state index in [0.29, 0.717) is 6.54 Å². The van der Waals surface area contributed by atoms with E-state index in [1.165, 1.54) is 16.8 Å². The van der Waals surface area contributed by atoms with Crippen molar-refractivity contribution < 1.29 is 8.42 Å². The fraction of sp³-hybridized carbons (Fsp3) is 0.421. The number of nitrogens with one attached hydrogen (secondary N) is 3. The van der Waals surface area contributed by atoms with E-state index >= 15 is 0 Å². The van der Waals surface area contributed by atoms with Crippen LogP contribution in [0.15, 0.2) is 46.3 Å². The van der Waals surface area contributed by atoms with Crippen molar-refractivity contribution in [1.82, 2.24) is 15.4 Å². The van der Waals surface area contributed by atoms with Crippen LogP contribution in [0, 0.1) is 6.92 Å². The molecule has 0 saturated heterocycles. The molecule has 1 unspecified atom stereocenters. The van der Waals surface area contributed by atoms with Crippen molar-refractivity contribution in [3.63, 3.8) is 0 Å². The maximum Gasteiger partial charge on any atom is 0.240 e. The maximum absolute atomic E-state index is 11.8. The number of sulfonamides is 1. The zero-order chi connectivity index (χ0) is 19.9. The van der Waals surface area contributed by atoms with E-state index in [-0.39, 0.29) is 10.9 Å². The van der Waals surface area contributed by atoms with Crippen LogP contribution in [0.4, 0.5) is 0 Å². The minimum absolute atomic E-state index is 0.252. The lowest BCUT2D eigenvalue weighted by Gasteiger charge is -2.17. The fourth-order valence-corrected chi connectivity index (χ4v) is 4.31. The first-order valence-corrected chi connectivity index (χ1v) is 11.3. The molecule has 3 N–H and O–H groups in total. The summed E-state index contributed by atoms with van der Waals surface area (Å²) < 4.78 is 25.9. The van der Waals surface area contributed by atoms with Crippen molar-refractivity contribution in [2.24, 2.45) is 4.99 Å². The van der Waals surface area contributed by atoms with Gasteiger partial charge in [-0.3, -0.25) is 0 Å². The van der Waals surface area contributed by atoms with Crippen LogP contribution in [0.1, 0.15) is 29.2 Å². The van der Waals surface area contributed by atoms with E-state index in [2.05, 4.69) is 46.3 Å². The summed E-state index contributed by atoms with van der Waals surface area (Å²) in [5, 5.41) is 6.69. The van der Waals surface area contributed by atoms with Crippen LogP contribution < -0.4 is 15.4 Å². The lowest BCUT2D eigenvalue weighted by atomic mass is 10.2. The Hall–Kier alpha value is -1.90. The number of benzene rings is 1. The summed E-state index contributed by atoms with van der Waals surface area (Å²) in [5.41, 5.74) is 0.948. The standard InChI is InChI=1S/C19H28N4O2S2/c1-5-21-19(23-14(2)12-17-9-6-15(3)26-17)22-13-16-7-10-18(11-8-16)27(24,25)20-4/h6-11,14,20H,5,12-13H2,1-4H3,(H2,21,22,23). The summed E-state index contributed by atoms with van der Waals surface area (Å²) in [5.74, 6) is 0.755. The Morgan fingerprint density at radius 1 is 1.19 bits per heavy atom. The summed E-state index contributed by atoms with van der Waals surface area (Å²) >= 11 is 1.82. The van der Waals surface area contributed by atoms with Crippen molar-refractivity contribution in [3.05, 3.63) is 51.7 Å². The molecule has 0 fully saturated rings. The molecule has 148 valence electrons. The number of rotatable bonds is 8. The second kappa shape index (κ2) is 9.87. The van der Waals surface area contributed by atoms with Gasteiger partial charge in [0, 0.05) is 28.8 Å². The largest absolute Gasteiger partial charge is 0.357 e. The fourth-order valence-electron chi connectivity index (χ4n) is 2.56. The normalized spacial score (nSPS) is 13.4. The van der Waals surface area contributed by atoms with E-state index in [9.17, 15) is 8.42 Å². The lowest BCUT2D eigenvalue weighted by Crippen LogP contribution is -2.43. The highest BCUT2D eigenvalue weighted by Gasteiger charge is 2.11. The van der Waals surface area contributed by atoms with Crippen LogP contribution in [0.3, 0.4) is 0 Å². The summed E-state index contributed by atoms with van der Waals surface area (Å²) in [6.07, 6.45) is 0.944. The summed E-state index contributed by atoms with van der Waals surface area (Å²) in [7, 11) is -2.00. The first-order valence-electron chi connectivity index (χ1n) is 8.96. The Labute approximate surface area is 166 Å². The molecule has 0 aliphatic heterocycles. The van der Waals surface area contributed by atoms with Gasteiger partial charge in [0.15, 0.2) is 5.96 Å². The number of hydrogen-bond donors (Lipinski definition) is 3. The molecule has 1 atom stereocenters. The monoisotopic (exact) mass is 408 g/mol. The summed E-state index contributed by atoms with van der Waals surface area (Å²) in [6, 6.07) is 11.3. The van der Waals surface area contributed by atoms with Gasteiger partial charge in [-0.2, -0.15) is 0 Å². The van der Waals surface area contributed by atoms with Gasteiger partial charge in [0.25, 0.3) is 0 Å². The minimum atomic E-state index is -3.41. The molecule has 0 saturated carbocycles. The van der Waals surface area contributed by atoms with Crippen molar-refractivity contribution in [3.8, 4) is 0 Å². The number of aliphatic imine (C=N–C) groups is 1. The van der Waals surface area contributed by atoms with Crippen molar-refractivity contribution in [1.29, 1.82) is 0 Å². The van der Waals surface area contributed by atoms with Crippen molar-refractivity contribution >= 4 is 27.3 Å². The smallest absolute Gasteiger partial charge is 0.240 e. The SMILES string of the molecule is CCNC(=NCc1ccc(S(=O)(=O)NC)cc1)NC(C)Cc1ccc(C)s1. The van der Waals surface area contributed by atoms with E-state index in [1.807, 2.05) is 18.3 Å². The summed E-state index contributed by atoms with van der Waals surface area (Å²) in [6.45, 7) is 7.53. The van der Waals surface area contributed by atoms with E-state index < -0.39 is 10.0 Å². The molecule has 6 nitrogen and oxygen atoms in total. The Kier molecular flexibility index (Phi) is 7.82. The Bertz CT molecular complexity index is 858. The predicted octanol–water partition coefficient (Wildman–Crippen LogP) is 2.65. The highest BCUT2D eigenvalue weighted by Crippen LogP contribution is 2.16. The topological polar surface area (TPSA) is 82.6 Å². The molecule has 0 radical (unpaired) electrons. The number of thiophene rings is 1. The second-order valence-electron chi connectivity index (χ2n) is 6.31. The van der Waals surface area contributed by atoms with Crippen molar-refractivity contribution in [2.45, 2.75) is 44.7 Å². The predicted molar refractivity (Wildman–Crippen MR) is 113 cm³/mol. The molecule has 1 heterocycles. The molecule has 0 aliphatic rings. The summed E-state index contributed by atoms with van der Waals surface area (Å²) in [4.78, 5) is 7.54. The zero-order valence-corrected chi connectivity index (χ0v) is 17.9. The van der Waals surface area contributed by atoms with Crippen LogP contribution in [-0.2, 0) is 23.0 Å². The highest BCUT2D eigenvalue weighted by atomic mass is 32.2. The molecule has 2 aromatic rings. The Morgan fingerprint density at radius 3 is 2.44 bits per heavy atom. The molecule has 1 aromatic carbocycles. The third kappa shape index (κ3) is 6.64. The van der Waals surface area contributed by atoms with E-state index in [4.69, 9.17) is 0 Å². The van der Waals surface area contributed by atoms with Gasteiger partial charge < -0.3 is 10.6 Å². The molecule has 0 bridgehead atoms. The molecule has 27 heavy (non-hydrogen) atoms. The molecular weight excluding hydrogens is 380 g/mol. The molecule has 0 aliphatic carbocycles. The quantitative estimate of drug-likeness (QED) is 0.463. The van der Waals surface area contributed by atoms with Gasteiger partial charge in [-0.1, -0.05) is 12.1 Å². The lowest BCUT2D eigenvalue weighted by molar-refractivity contribution is 0.588. The van der Waals surface area contributed by atoms with Gasteiger partial charge in [0.05, 0.1) is 11.4 Å². The average Bonchev–Trinajstić information content (AvgIpc) is 3.04. The van der Waals surface area contributed by atoms with Gasteiger partial charge in [-0.25, -0.2) is 18.1 Å². The first kappa shape index (κ1) is 21.4. The van der Waals surface area contributed by atoms with Gasteiger partial charge in [0.2, 0.25) is 10.0 Å². The average molecular weight is 409 g/mol. The Balaban J connectivity index is 1.99. The van der Waals surface area contributed by atoms with Crippen LogP contribution >= 0.6 is 11.3 Å². The van der Waals surface area contributed by atoms with Crippen LogP contribution in [0.2, 0.25) is 0 Å². The molecule has 1 aromatic heterocycles. The van der Waals surface area contributed by atoms with E-state index in [1.54, 1.807) is 24.3 Å². The number of nitrogens with zero attached hydrogens (tertiary/aromatic N) is 1. The molecule has 0 spiro atoms. The van der Waals surface area contributed by atoms with Gasteiger partial charge >= 0.3 is 0 Å². The Morgan fingerprint density at radius 2 is 1.89 bits per heavy atom. The third-order valence-electron chi connectivity index (χ3n) is 3.95. The van der Waals surface area contributed by atoms with Gasteiger partial charge in [-0.15, -0.1) is 11.3 Å². The van der Waals surface area contributed by atoms with Gasteiger partial charge in [0.1, 0.15) is 0 Å². The molecular formula is C19H28N4O2S2. The zero-order valence-electron chi connectivity index (χ0n) is 16.2. The number of guanidine groups is 1. The van der Waals surface area contributed by atoms with Crippen molar-refractivity contribution in [2.75, 3.05) is 13.6 Å². The second-order valence-corrected chi connectivity index (χ2v) is 9.57. The highest BCUT2D eigenvalue weighted by molar-refractivity contribution is 7.89. The van der Waals surface area contributed by atoms with E-state index in [0.717, 1.165) is 24.5 Å². The maximum atomic E-state index is 11.8.